The Kier molecular flexibility index (Phi) is 4.11. The van der Waals surface area contributed by atoms with Crippen LogP contribution in [0, 0.1) is 0 Å². The molecule has 19 heavy (non-hydrogen) atoms. The molecule has 0 aliphatic rings. The van der Waals surface area contributed by atoms with Gasteiger partial charge in [0.15, 0.2) is 6.61 Å². The summed E-state index contributed by atoms with van der Waals surface area (Å²) in [6.07, 6.45) is -8.62. The second-order valence-electron chi connectivity index (χ2n) is 3.39. The molecule has 0 aliphatic heterocycles. The van der Waals surface area contributed by atoms with E-state index in [-0.39, 0.29) is 6.07 Å². The van der Waals surface area contributed by atoms with Crippen molar-refractivity contribution in [3.8, 4) is 11.6 Å². The zero-order valence-corrected chi connectivity index (χ0v) is 8.89. The number of ether oxygens (including phenoxy) is 1. The summed E-state index contributed by atoms with van der Waals surface area (Å²) in [4.78, 5) is 2.94. The number of hydrogen-bond donors (Lipinski definition) is 1. The predicted octanol–water partition coefficient (Wildman–Crippen LogP) is 3.09. The average molecular weight is 293 g/mol. The van der Waals surface area contributed by atoms with Gasteiger partial charge >= 0.3 is 18.5 Å². The number of alkyl halides is 7. The summed E-state index contributed by atoms with van der Waals surface area (Å²) < 4.78 is 89.9. The summed E-state index contributed by atoms with van der Waals surface area (Å²) in [6, 6.07) is 0.183. The molecule has 108 valence electrons. The second kappa shape index (κ2) is 5.10. The average Bonchev–Trinajstić information content (AvgIpc) is 2.26. The van der Waals surface area contributed by atoms with Crippen LogP contribution in [-0.2, 0) is 6.18 Å². The van der Waals surface area contributed by atoms with Crippen LogP contribution in [0.3, 0.4) is 0 Å². The molecule has 0 fully saturated rings. The van der Waals surface area contributed by atoms with E-state index in [4.69, 9.17) is 5.11 Å². The van der Waals surface area contributed by atoms with E-state index in [9.17, 15) is 30.7 Å². The van der Waals surface area contributed by atoms with Crippen LogP contribution < -0.4 is 4.74 Å². The summed E-state index contributed by atoms with van der Waals surface area (Å²) in [7, 11) is 0. The van der Waals surface area contributed by atoms with E-state index < -0.39 is 42.3 Å². The van der Waals surface area contributed by atoms with Crippen molar-refractivity contribution < 1.29 is 40.6 Å². The Morgan fingerprint density at radius 1 is 1.21 bits per heavy atom. The first-order chi connectivity index (χ1) is 8.54. The lowest BCUT2D eigenvalue weighted by Crippen LogP contribution is -2.34. The first-order valence-electron chi connectivity index (χ1n) is 4.59. The van der Waals surface area contributed by atoms with Gasteiger partial charge in [0.1, 0.15) is 11.3 Å². The van der Waals surface area contributed by atoms with E-state index in [1.165, 1.54) is 0 Å². The number of rotatable bonds is 4. The van der Waals surface area contributed by atoms with Crippen LogP contribution in [0.2, 0.25) is 0 Å². The van der Waals surface area contributed by atoms with Crippen LogP contribution in [0.5, 0.6) is 11.6 Å². The van der Waals surface area contributed by atoms with Crippen molar-refractivity contribution >= 4 is 0 Å². The maximum Gasteiger partial charge on any atom is 0.421 e. The second-order valence-corrected chi connectivity index (χ2v) is 3.39. The highest BCUT2D eigenvalue weighted by molar-refractivity contribution is 5.34. The lowest BCUT2D eigenvalue weighted by molar-refractivity contribution is -0.154. The quantitative estimate of drug-likeness (QED) is 0.867. The highest BCUT2D eigenvalue weighted by atomic mass is 19.4. The Labute approximate surface area is 101 Å². The van der Waals surface area contributed by atoms with Crippen LogP contribution in [0.1, 0.15) is 5.56 Å². The van der Waals surface area contributed by atoms with Gasteiger partial charge in [-0.25, -0.2) is 13.8 Å². The monoisotopic (exact) mass is 293 g/mol. The molecule has 0 radical (unpaired) electrons. The zero-order valence-electron chi connectivity index (χ0n) is 8.89. The molecule has 1 rings (SSSR count). The van der Waals surface area contributed by atoms with Crippen molar-refractivity contribution in [3.63, 3.8) is 0 Å². The van der Waals surface area contributed by atoms with E-state index in [1.807, 2.05) is 0 Å². The minimum atomic E-state index is -5.04. The summed E-state index contributed by atoms with van der Waals surface area (Å²) in [5, 5.41) is 8.83. The summed E-state index contributed by atoms with van der Waals surface area (Å²) in [6.45, 7) is -1.97. The summed E-state index contributed by atoms with van der Waals surface area (Å²) in [5.74, 6) is -6.80. The maximum atomic E-state index is 12.5. The first-order valence-corrected chi connectivity index (χ1v) is 4.59. The Morgan fingerprint density at radius 2 is 1.79 bits per heavy atom. The van der Waals surface area contributed by atoms with E-state index >= 15 is 0 Å². The van der Waals surface area contributed by atoms with Gasteiger partial charge in [-0.1, -0.05) is 0 Å². The molecule has 0 saturated heterocycles. The van der Waals surface area contributed by atoms with E-state index in [0.29, 0.717) is 6.20 Å². The van der Waals surface area contributed by atoms with E-state index in [0.717, 1.165) is 0 Å². The van der Waals surface area contributed by atoms with Crippen LogP contribution in [0.25, 0.3) is 0 Å². The van der Waals surface area contributed by atoms with Crippen molar-refractivity contribution in [1.29, 1.82) is 0 Å². The molecular weight excluding hydrogens is 287 g/mol. The third-order valence-corrected chi connectivity index (χ3v) is 1.86. The molecule has 0 spiro atoms. The fraction of sp³-hybridized carbons (Fsp3) is 0.444. The normalized spacial score (nSPS) is 12.8. The van der Waals surface area contributed by atoms with Gasteiger partial charge in [-0.05, 0) is 6.07 Å². The highest BCUT2D eigenvalue weighted by Crippen LogP contribution is 2.37. The zero-order chi connectivity index (χ0) is 14.8. The van der Waals surface area contributed by atoms with Gasteiger partial charge in [0.2, 0.25) is 5.88 Å². The van der Waals surface area contributed by atoms with Gasteiger partial charge < -0.3 is 9.84 Å². The molecular formula is C9H6F7NO2. The number of nitrogens with zero attached hydrogens (tertiary/aromatic N) is 1. The maximum absolute atomic E-state index is 12.5. The van der Waals surface area contributed by atoms with Crippen LogP contribution in [0.4, 0.5) is 30.7 Å². The minimum Gasteiger partial charge on any atom is -0.506 e. The van der Waals surface area contributed by atoms with Crippen LogP contribution >= 0.6 is 0 Å². The van der Waals surface area contributed by atoms with Gasteiger partial charge in [0.05, 0.1) is 6.20 Å². The number of hydrogen-bond acceptors (Lipinski definition) is 3. The molecule has 1 aromatic heterocycles. The van der Waals surface area contributed by atoms with Crippen molar-refractivity contribution in [2.45, 2.75) is 18.5 Å². The summed E-state index contributed by atoms with van der Waals surface area (Å²) in [5.41, 5.74) is -1.64. The molecule has 0 saturated carbocycles. The van der Waals surface area contributed by atoms with Crippen molar-refractivity contribution in [1.82, 2.24) is 4.98 Å². The van der Waals surface area contributed by atoms with Crippen molar-refractivity contribution in [2.24, 2.45) is 0 Å². The fourth-order valence-corrected chi connectivity index (χ4v) is 0.987. The van der Waals surface area contributed by atoms with E-state index in [2.05, 4.69) is 9.72 Å². The molecule has 10 heteroatoms. The Morgan fingerprint density at radius 3 is 2.26 bits per heavy atom. The minimum absolute atomic E-state index is 0.183. The third kappa shape index (κ3) is 3.86. The van der Waals surface area contributed by atoms with Crippen LogP contribution in [0.15, 0.2) is 12.3 Å². The molecule has 0 atom stereocenters. The highest BCUT2D eigenvalue weighted by Gasteiger charge is 2.43. The molecule has 0 aliphatic carbocycles. The topological polar surface area (TPSA) is 42.4 Å². The van der Waals surface area contributed by atoms with Crippen LogP contribution in [-0.4, -0.2) is 29.0 Å². The molecule has 0 aromatic carbocycles. The molecule has 3 nitrogen and oxygen atoms in total. The standard InChI is InChI=1S/C9H6F7NO2/c10-7(11)8(12,13)3-19-6-5(9(14,15)16)1-4(18)2-17-6/h1-2,7,18H,3H2. The third-order valence-electron chi connectivity index (χ3n) is 1.86. The van der Waals surface area contributed by atoms with Crippen molar-refractivity contribution in [3.05, 3.63) is 17.8 Å². The predicted molar refractivity (Wildman–Crippen MR) is 47.3 cm³/mol. The van der Waals surface area contributed by atoms with Gasteiger partial charge in [0.25, 0.3) is 0 Å². The summed E-state index contributed by atoms with van der Waals surface area (Å²) >= 11 is 0. The number of aromatic hydroxyl groups is 1. The Bertz CT molecular complexity index is 447. The Hall–Kier alpha value is -1.74. The molecule has 1 aromatic rings. The van der Waals surface area contributed by atoms with Gasteiger partial charge in [0, 0.05) is 0 Å². The number of aromatic nitrogens is 1. The molecule has 0 amide bonds. The molecule has 1 N–H and O–H groups in total. The lowest BCUT2D eigenvalue weighted by atomic mass is 10.2. The molecule has 0 unspecified atom stereocenters. The van der Waals surface area contributed by atoms with Gasteiger partial charge in [-0.2, -0.15) is 22.0 Å². The van der Waals surface area contributed by atoms with Gasteiger partial charge in [-0.15, -0.1) is 0 Å². The first kappa shape index (κ1) is 15.3. The SMILES string of the molecule is Oc1cnc(OCC(F)(F)C(F)F)c(C(F)(F)F)c1. The Balaban J connectivity index is 2.96. The molecule has 1 heterocycles. The van der Waals surface area contributed by atoms with Gasteiger partial charge in [-0.3, -0.25) is 0 Å². The lowest BCUT2D eigenvalue weighted by Gasteiger charge is -2.17. The number of halogens is 7. The fourth-order valence-electron chi connectivity index (χ4n) is 0.987. The smallest absolute Gasteiger partial charge is 0.421 e. The largest absolute Gasteiger partial charge is 0.506 e. The molecule has 0 bridgehead atoms. The van der Waals surface area contributed by atoms with E-state index in [1.54, 1.807) is 0 Å². The van der Waals surface area contributed by atoms with Crippen molar-refractivity contribution in [2.75, 3.05) is 6.61 Å². The number of pyridine rings is 1.